The zero-order chi connectivity index (χ0) is 9.02. The molecule has 0 radical (unpaired) electrons. The molecule has 5 nitrogen and oxygen atoms in total. The van der Waals surface area contributed by atoms with Gasteiger partial charge in [0.05, 0.1) is 6.61 Å². The van der Waals surface area contributed by atoms with Gasteiger partial charge in [0.1, 0.15) is 18.3 Å². The molecule has 3 atom stereocenters. The van der Waals surface area contributed by atoms with Crippen LogP contribution in [0.15, 0.2) is 0 Å². The molecular formula is C6H12O5. The molecule has 0 fully saturated rings. The lowest BCUT2D eigenvalue weighted by Crippen LogP contribution is -2.42. The second kappa shape index (κ2) is 4.40. The highest BCUT2D eigenvalue weighted by molar-refractivity contribution is 5.80. The number of Topliss-reactive ketones (excluding diaryl/α,β-unsaturated/α-hetero) is 1. The Morgan fingerprint density at radius 1 is 1.36 bits per heavy atom. The van der Waals surface area contributed by atoms with Gasteiger partial charge in [-0.05, 0) is 6.92 Å². The van der Waals surface area contributed by atoms with E-state index in [1.165, 1.54) is 0 Å². The second-order valence-corrected chi connectivity index (χ2v) is 2.30. The van der Waals surface area contributed by atoms with E-state index in [-0.39, 0.29) is 0 Å². The van der Waals surface area contributed by atoms with Crippen LogP contribution in [0, 0.1) is 0 Å². The summed E-state index contributed by atoms with van der Waals surface area (Å²) in [5, 5.41) is 34.7. The third-order valence-corrected chi connectivity index (χ3v) is 1.32. The molecule has 0 saturated carbocycles. The molecule has 0 unspecified atom stereocenters. The molecule has 0 aliphatic heterocycles. The van der Waals surface area contributed by atoms with E-state index in [1.54, 1.807) is 0 Å². The van der Waals surface area contributed by atoms with Gasteiger partial charge in [-0.3, -0.25) is 4.79 Å². The maximum absolute atomic E-state index is 10.4. The topological polar surface area (TPSA) is 98.0 Å². The highest BCUT2D eigenvalue weighted by atomic mass is 16.4. The van der Waals surface area contributed by atoms with Crippen molar-refractivity contribution < 1.29 is 25.2 Å². The van der Waals surface area contributed by atoms with Crippen LogP contribution < -0.4 is 0 Å². The van der Waals surface area contributed by atoms with Crippen molar-refractivity contribution in [3.8, 4) is 0 Å². The maximum Gasteiger partial charge on any atom is 0.160 e. The molecule has 0 bridgehead atoms. The van der Waals surface area contributed by atoms with Crippen molar-refractivity contribution in [2.24, 2.45) is 0 Å². The fourth-order valence-electron chi connectivity index (χ4n) is 0.559. The van der Waals surface area contributed by atoms with Crippen molar-refractivity contribution >= 4 is 5.78 Å². The number of hydrogen-bond acceptors (Lipinski definition) is 5. The van der Waals surface area contributed by atoms with E-state index < -0.39 is 30.7 Å². The normalized spacial score (nSPS) is 19.0. The molecule has 4 N–H and O–H groups in total. The summed E-state index contributed by atoms with van der Waals surface area (Å²) in [5.74, 6) is -0.648. The number of carbonyl (C=O) groups is 1. The quantitative estimate of drug-likeness (QED) is 0.373. The minimum atomic E-state index is -1.63. The lowest BCUT2D eigenvalue weighted by molar-refractivity contribution is -0.137. The van der Waals surface area contributed by atoms with Crippen LogP contribution in [-0.4, -0.2) is 51.1 Å². The lowest BCUT2D eigenvalue weighted by atomic mass is 10.1. The molecule has 0 amide bonds. The van der Waals surface area contributed by atoms with Crippen LogP contribution in [0.1, 0.15) is 6.92 Å². The average molecular weight is 164 g/mol. The van der Waals surface area contributed by atoms with Crippen LogP contribution in [-0.2, 0) is 4.79 Å². The Balaban J connectivity index is 4.00. The monoisotopic (exact) mass is 164 g/mol. The molecule has 0 rings (SSSR count). The first-order valence-corrected chi connectivity index (χ1v) is 3.16. The van der Waals surface area contributed by atoms with E-state index in [2.05, 4.69) is 0 Å². The SMILES string of the molecule is CC(=O)[C@@H](O)[C@@H](O)[C@H](O)CO. The largest absolute Gasteiger partial charge is 0.394 e. The molecule has 11 heavy (non-hydrogen) atoms. The smallest absolute Gasteiger partial charge is 0.160 e. The molecule has 0 saturated heterocycles. The van der Waals surface area contributed by atoms with E-state index in [4.69, 9.17) is 20.4 Å². The first-order valence-electron chi connectivity index (χ1n) is 3.16. The summed E-state index contributed by atoms with van der Waals surface area (Å²) in [6.07, 6.45) is -4.72. The number of aliphatic hydroxyl groups is 4. The third kappa shape index (κ3) is 2.94. The van der Waals surface area contributed by atoms with Gasteiger partial charge in [0.2, 0.25) is 0 Å². The first kappa shape index (κ1) is 10.5. The van der Waals surface area contributed by atoms with Gasteiger partial charge in [0.15, 0.2) is 5.78 Å². The fraction of sp³-hybridized carbons (Fsp3) is 0.833. The number of hydrogen-bond donors (Lipinski definition) is 4. The van der Waals surface area contributed by atoms with Gasteiger partial charge < -0.3 is 20.4 Å². The van der Waals surface area contributed by atoms with Gasteiger partial charge in [0.25, 0.3) is 0 Å². The van der Waals surface area contributed by atoms with Crippen LogP contribution in [0.4, 0.5) is 0 Å². The minimum absolute atomic E-state index is 0.648. The number of rotatable bonds is 4. The standard InChI is InChI=1S/C6H12O5/c1-3(8)5(10)6(11)4(9)2-7/h4-7,9-11H,2H2,1H3/t4-,5-,6+/m1/s1. The Morgan fingerprint density at radius 2 is 1.82 bits per heavy atom. The van der Waals surface area contributed by atoms with Gasteiger partial charge in [-0.1, -0.05) is 0 Å². The van der Waals surface area contributed by atoms with Gasteiger partial charge in [-0.25, -0.2) is 0 Å². The van der Waals surface area contributed by atoms with E-state index in [0.717, 1.165) is 6.92 Å². The van der Waals surface area contributed by atoms with Crippen molar-refractivity contribution in [3.63, 3.8) is 0 Å². The summed E-state index contributed by atoms with van der Waals surface area (Å²) in [4.78, 5) is 10.4. The Bertz CT molecular complexity index is 135. The van der Waals surface area contributed by atoms with Crippen LogP contribution in [0.5, 0.6) is 0 Å². The van der Waals surface area contributed by atoms with Gasteiger partial charge in [0, 0.05) is 0 Å². The van der Waals surface area contributed by atoms with Gasteiger partial charge in [-0.2, -0.15) is 0 Å². The molecule has 0 aliphatic carbocycles. The van der Waals surface area contributed by atoms with Crippen LogP contribution in [0.25, 0.3) is 0 Å². The van der Waals surface area contributed by atoms with Gasteiger partial charge in [-0.15, -0.1) is 0 Å². The Kier molecular flexibility index (Phi) is 4.20. The molecule has 0 aromatic carbocycles. The predicted octanol–water partition coefficient (Wildman–Crippen LogP) is -2.35. The fourth-order valence-corrected chi connectivity index (χ4v) is 0.559. The number of ketones is 1. The Hall–Kier alpha value is -0.490. The van der Waals surface area contributed by atoms with E-state index in [9.17, 15) is 4.79 Å². The highest BCUT2D eigenvalue weighted by Gasteiger charge is 2.26. The molecule has 0 spiro atoms. The zero-order valence-electron chi connectivity index (χ0n) is 6.14. The average Bonchev–Trinajstić information content (AvgIpc) is 2.00. The summed E-state index contributed by atoms with van der Waals surface area (Å²) in [5.41, 5.74) is 0. The van der Waals surface area contributed by atoms with Crippen LogP contribution in [0.2, 0.25) is 0 Å². The van der Waals surface area contributed by atoms with Gasteiger partial charge >= 0.3 is 0 Å². The highest BCUT2D eigenvalue weighted by Crippen LogP contribution is 2.00. The second-order valence-electron chi connectivity index (χ2n) is 2.30. The van der Waals surface area contributed by atoms with Crippen molar-refractivity contribution in [2.45, 2.75) is 25.2 Å². The van der Waals surface area contributed by atoms with E-state index in [1.807, 2.05) is 0 Å². The van der Waals surface area contributed by atoms with Crippen LogP contribution >= 0.6 is 0 Å². The van der Waals surface area contributed by atoms with E-state index >= 15 is 0 Å². The Labute approximate surface area is 63.9 Å². The van der Waals surface area contributed by atoms with Crippen molar-refractivity contribution in [1.29, 1.82) is 0 Å². The molecule has 66 valence electrons. The Morgan fingerprint density at radius 3 is 2.09 bits per heavy atom. The molecule has 0 aromatic rings. The number of aliphatic hydroxyl groups excluding tert-OH is 4. The van der Waals surface area contributed by atoms with Crippen molar-refractivity contribution in [2.75, 3.05) is 6.61 Å². The molecule has 5 heteroatoms. The zero-order valence-corrected chi connectivity index (χ0v) is 6.14. The molecular weight excluding hydrogens is 152 g/mol. The summed E-state index contributed by atoms with van der Waals surface area (Å²) in [6.45, 7) is 0.392. The van der Waals surface area contributed by atoms with Crippen molar-refractivity contribution in [1.82, 2.24) is 0 Å². The van der Waals surface area contributed by atoms with E-state index in [0.29, 0.717) is 0 Å². The molecule has 0 aliphatic rings. The first-order chi connectivity index (χ1) is 5.00. The molecule has 0 heterocycles. The predicted molar refractivity (Wildman–Crippen MR) is 35.8 cm³/mol. The summed E-state index contributed by atoms with van der Waals surface area (Å²) < 4.78 is 0. The third-order valence-electron chi connectivity index (χ3n) is 1.32. The van der Waals surface area contributed by atoms with Crippen molar-refractivity contribution in [3.05, 3.63) is 0 Å². The summed E-state index contributed by atoms with van der Waals surface area (Å²) >= 11 is 0. The maximum atomic E-state index is 10.4. The van der Waals surface area contributed by atoms with Crippen LogP contribution in [0.3, 0.4) is 0 Å². The number of carbonyl (C=O) groups excluding carboxylic acids is 1. The summed E-state index contributed by atoms with van der Waals surface area (Å²) in [7, 11) is 0. The molecule has 0 aromatic heterocycles. The lowest BCUT2D eigenvalue weighted by Gasteiger charge is -2.18. The minimum Gasteiger partial charge on any atom is -0.394 e. The summed E-state index contributed by atoms with van der Waals surface area (Å²) in [6, 6.07) is 0.